The Morgan fingerprint density at radius 3 is 1.28 bits per heavy atom. The van der Waals surface area contributed by atoms with Crippen LogP contribution in [0.2, 0.25) is 0 Å². The van der Waals surface area contributed by atoms with Crippen LogP contribution in [-0.4, -0.2) is 115 Å². The van der Waals surface area contributed by atoms with E-state index in [9.17, 15) is 46.1 Å². The molecule has 2 saturated heterocycles. The molecular weight excluding hydrogens is 891 g/mol. The van der Waals surface area contributed by atoms with Crippen molar-refractivity contribution in [2.24, 2.45) is 23.7 Å². The number of aryl methyl sites for hydroxylation is 2. The second-order valence-electron chi connectivity index (χ2n) is 20.2. The molecule has 2 aliphatic heterocycles. The summed E-state index contributed by atoms with van der Waals surface area (Å²) < 4.78 is 78.5. The highest BCUT2D eigenvalue weighted by Crippen LogP contribution is 2.37. The Bertz CT molecular complexity index is 2160. The van der Waals surface area contributed by atoms with Crippen molar-refractivity contribution >= 4 is 33.4 Å². The molecule has 2 aromatic carbocycles. The van der Waals surface area contributed by atoms with Gasteiger partial charge in [0.05, 0.1) is 59.2 Å². The van der Waals surface area contributed by atoms with Gasteiger partial charge < -0.3 is 20.8 Å². The first-order valence-electron chi connectivity index (χ1n) is 24.3. The molecule has 8 rings (SSSR count). The molecule has 4 fully saturated rings. The fourth-order valence-electron chi connectivity index (χ4n) is 10.6. The van der Waals surface area contributed by atoms with Crippen LogP contribution in [-0.2, 0) is 34.8 Å². The number of amides is 2. The van der Waals surface area contributed by atoms with E-state index in [-0.39, 0.29) is 73.6 Å². The Kier molecular flexibility index (Phi) is 16.6. The Morgan fingerprint density at radius 1 is 0.603 bits per heavy atom. The van der Waals surface area contributed by atoms with E-state index in [1.807, 2.05) is 0 Å². The minimum atomic E-state index is -4.43. The van der Waals surface area contributed by atoms with E-state index < -0.39 is 23.5 Å². The van der Waals surface area contributed by atoms with Crippen LogP contribution in [0.15, 0.2) is 48.8 Å². The number of alkyl halides is 6. The maximum Gasteiger partial charge on any atom is 0.416 e. The van der Waals surface area contributed by atoms with E-state index in [1.165, 1.54) is 24.5 Å². The third-order valence-electron chi connectivity index (χ3n) is 14.7. The number of aliphatic hydroxyl groups excluding tert-OH is 2. The lowest BCUT2D eigenvalue weighted by atomic mass is 9.78. The Balaban J connectivity index is 0.000000201. The van der Waals surface area contributed by atoms with E-state index in [2.05, 4.69) is 68.5 Å². The highest BCUT2D eigenvalue weighted by atomic mass is 19.4. The molecule has 372 valence electrons. The maximum atomic E-state index is 13.1. The van der Waals surface area contributed by atoms with Gasteiger partial charge in [-0.05, 0) is 99.3 Å². The number of aliphatic hydroxyl groups is 2. The summed E-state index contributed by atoms with van der Waals surface area (Å²) in [5, 5.41) is 44.3. The van der Waals surface area contributed by atoms with Crippen LogP contribution in [0.5, 0.6) is 0 Å². The topological polar surface area (TPSA) is 157 Å². The zero-order chi connectivity index (χ0) is 48.9. The highest BCUT2D eigenvalue weighted by molar-refractivity contribution is 5.86. The molecule has 2 atom stereocenters. The highest BCUT2D eigenvalue weighted by Gasteiger charge is 2.39. The fraction of sp³-hybridized carbons (Fsp3) is 0.640. The van der Waals surface area contributed by atoms with Gasteiger partial charge in [0.15, 0.2) is 0 Å². The summed E-state index contributed by atoms with van der Waals surface area (Å²) in [4.78, 5) is 29.7. The number of nitrogens with one attached hydrogen (secondary N) is 2. The molecule has 2 amide bonds. The zero-order valence-electron chi connectivity index (χ0n) is 39.4. The number of halogens is 6. The molecule has 2 aromatic heterocycles. The normalized spacial score (nSPS) is 23.1. The van der Waals surface area contributed by atoms with E-state index in [1.54, 1.807) is 0 Å². The number of hydrogen-bond donors (Lipinski definition) is 4. The molecule has 12 nitrogen and oxygen atoms in total. The number of nitrogens with zero attached hydrogens (tertiary/aromatic N) is 6. The van der Waals surface area contributed by atoms with Crippen molar-refractivity contribution in [3.05, 3.63) is 71.3 Å². The van der Waals surface area contributed by atoms with Crippen molar-refractivity contribution in [3.63, 3.8) is 0 Å². The van der Waals surface area contributed by atoms with Crippen LogP contribution < -0.4 is 10.6 Å². The summed E-state index contributed by atoms with van der Waals surface area (Å²) >= 11 is 0. The molecule has 0 bridgehead atoms. The fourth-order valence-corrected chi connectivity index (χ4v) is 10.6. The van der Waals surface area contributed by atoms with Gasteiger partial charge in [0.2, 0.25) is 11.8 Å². The summed E-state index contributed by atoms with van der Waals surface area (Å²) in [6.07, 6.45) is 2.78. The first-order chi connectivity index (χ1) is 32.2. The average molecular weight is 957 g/mol. The molecule has 4 aromatic rings. The van der Waals surface area contributed by atoms with Crippen molar-refractivity contribution in [3.8, 4) is 0 Å². The Labute approximate surface area is 394 Å². The van der Waals surface area contributed by atoms with Crippen molar-refractivity contribution in [1.82, 2.24) is 40.8 Å². The standard InChI is InChI=1S/2C25H33F3N4O2/c2*1-15(2)24(34)16-4-7-20(8-5-16)32-13-19(14-32)30-23(33)10-9-22-21-11-18(25(26,27)28)6-3-17(21)12-29-31-22/h2*3,6,11-12,15-16,19-20,24,34H,4-5,7-10,13-14H2,1-2H3,(H,30,33). The first kappa shape index (κ1) is 51.3. The molecule has 68 heavy (non-hydrogen) atoms. The Morgan fingerprint density at radius 2 is 0.956 bits per heavy atom. The number of carbonyl (C=O) groups is 2. The summed E-state index contributed by atoms with van der Waals surface area (Å²) in [6.45, 7) is 11.5. The zero-order valence-corrected chi connectivity index (χ0v) is 39.4. The van der Waals surface area contributed by atoms with Crippen molar-refractivity contribution in [2.75, 3.05) is 26.2 Å². The van der Waals surface area contributed by atoms with Gasteiger partial charge in [-0.3, -0.25) is 19.4 Å². The lowest BCUT2D eigenvalue weighted by Crippen LogP contribution is -2.62. The predicted molar refractivity (Wildman–Crippen MR) is 246 cm³/mol. The van der Waals surface area contributed by atoms with Gasteiger partial charge in [-0.25, -0.2) is 0 Å². The van der Waals surface area contributed by atoms with Gasteiger partial charge in [-0.1, -0.05) is 39.8 Å². The second-order valence-corrected chi connectivity index (χ2v) is 20.2. The van der Waals surface area contributed by atoms with Gasteiger partial charge in [0.1, 0.15) is 0 Å². The van der Waals surface area contributed by atoms with Gasteiger partial charge >= 0.3 is 12.4 Å². The largest absolute Gasteiger partial charge is 0.416 e. The number of carbonyl (C=O) groups excluding carboxylic acids is 2. The molecule has 0 radical (unpaired) electrons. The maximum absolute atomic E-state index is 13.1. The van der Waals surface area contributed by atoms with E-state index in [0.29, 0.717) is 56.9 Å². The summed E-state index contributed by atoms with van der Waals surface area (Å²) in [5.74, 6) is 1.10. The molecular formula is C50H66F6N8O4. The molecule has 2 unspecified atom stereocenters. The molecule has 4 N–H and O–H groups in total. The predicted octanol–water partition coefficient (Wildman–Crippen LogP) is 7.91. The first-order valence-corrected chi connectivity index (χ1v) is 24.3. The summed E-state index contributed by atoms with van der Waals surface area (Å²) in [6, 6.07) is 8.21. The number of benzene rings is 2. The third kappa shape index (κ3) is 13.0. The quantitative estimate of drug-likeness (QED) is 0.0917. The van der Waals surface area contributed by atoms with E-state index >= 15 is 0 Å². The van der Waals surface area contributed by atoms with Gasteiger partial charge in [-0.15, -0.1) is 0 Å². The lowest BCUT2D eigenvalue weighted by Gasteiger charge is -2.47. The second kappa shape index (κ2) is 22.1. The number of aromatic nitrogens is 4. The van der Waals surface area contributed by atoms with E-state index in [0.717, 1.165) is 102 Å². The third-order valence-corrected chi connectivity index (χ3v) is 14.7. The van der Waals surface area contributed by atoms with Crippen LogP contribution in [0.4, 0.5) is 26.3 Å². The summed E-state index contributed by atoms with van der Waals surface area (Å²) in [5.41, 5.74) is -0.675. The molecule has 2 saturated carbocycles. The van der Waals surface area contributed by atoms with Crippen molar-refractivity contribution in [2.45, 2.75) is 153 Å². The van der Waals surface area contributed by atoms with Gasteiger partial charge in [0.25, 0.3) is 0 Å². The number of likely N-dealkylation sites (tertiary alicyclic amines) is 2. The van der Waals surface area contributed by atoms with E-state index in [4.69, 9.17) is 0 Å². The minimum Gasteiger partial charge on any atom is -0.393 e. The molecule has 0 spiro atoms. The van der Waals surface area contributed by atoms with Crippen LogP contribution in [0.25, 0.3) is 21.5 Å². The van der Waals surface area contributed by atoms with Crippen LogP contribution >= 0.6 is 0 Å². The van der Waals surface area contributed by atoms with Crippen LogP contribution in [0.3, 0.4) is 0 Å². The number of fused-ring (bicyclic) bond motifs is 2. The van der Waals surface area contributed by atoms with Crippen LogP contribution in [0.1, 0.15) is 114 Å². The van der Waals surface area contributed by atoms with Crippen LogP contribution in [0, 0.1) is 23.7 Å². The van der Waals surface area contributed by atoms with Crippen molar-refractivity contribution in [1.29, 1.82) is 0 Å². The Hall–Kier alpha value is -4.52. The van der Waals surface area contributed by atoms with Gasteiger partial charge in [0, 0.05) is 85.5 Å². The smallest absolute Gasteiger partial charge is 0.393 e. The average Bonchev–Trinajstić information content (AvgIpc) is 3.28. The molecule has 2 aliphatic carbocycles. The minimum absolute atomic E-state index is 0.0990. The summed E-state index contributed by atoms with van der Waals surface area (Å²) in [7, 11) is 0. The SMILES string of the molecule is CC(C)C(O)C1CCC(N2CC(NC(=O)CCc3nncc4ccc(C(F)(F)F)cc34)C2)CC1.CC(C)C(O)C1CCC(N2CC(NC(=O)CCc3nncc4ccc(C(F)(F)F)cc34)C2)CC1. The molecule has 18 heteroatoms. The number of rotatable bonds is 14. The lowest BCUT2D eigenvalue weighted by molar-refractivity contribution is -0.138. The monoisotopic (exact) mass is 957 g/mol. The molecule has 4 heterocycles. The van der Waals surface area contributed by atoms with Crippen molar-refractivity contribution < 1.29 is 46.1 Å². The van der Waals surface area contributed by atoms with Gasteiger partial charge in [-0.2, -0.15) is 46.7 Å². The number of hydrogen-bond acceptors (Lipinski definition) is 10. The molecule has 4 aliphatic rings.